The van der Waals surface area contributed by atoms with E-state index in [-0.39, 0.29) is 0 Å². The number of hydrogen-bond donors (Lipinski definition) is 0. The summed E-state index contributed by atoms with van der Waals surface area (Å²) in [5.74, 6) is 1.38. The van der Waals surface area contributed by atoms with Crippen LogP contribution in [0.25, 0.3) is 0 Å². The Morgan fingerprint density at radius 1 is 1.12 bits per heavy atom. The molecule has 0 N–H and O–H groups in total. The van der Waals surface area contributed by atoms with E-state index in [0.717, 1.165) is 17.0 Å². The molecule has 2 rings (SSSR count). The molecule has 17 heavy (non-hydrogen) atoms. The molecule has 0 radical (unpaired) electrons. The van der Waals surface area contributed by atoms with Crippen molar-refractivity contribution < 1.29 is 9.47 Å². The zero-order valence-corrected chi connectivity index (χ0v) is 10.0. The highest BCUT2D eigenvalue weighted by molar-refractivity contribution is 5.38. The maximum atomic E-state index is 5.73. The maximum absolute atomic E-state index is 5.73. The van der Waals surface area contributed by atoms with E-state index in [9.17, 15) is 0 Å². The van der Waals surface area contributed by atoms with Crippen molar-refractivity contribution in [3.05, 3.63) is 53.9 Å². The quantitative estimate of drug-likeness (QED) is 0.807. The SMILES string of the molecule is COc1cnc(C)cc1OCc1ccccc1. The van der Waals surface area contributed by atoms with Gasteiger partial charge in [-0.3, -0.25) is 4.98 Å². The molecular weight excluding hydrogens is 214 g/mol. The van der Waals surface area contributed by atoms with Gasteiger partial charge in [0, 0.05) is 11.8 Å². The van der Waals surface area contributed by atoms with E-state index in [1.165, 1.54) is 0 Å². The van der Waals surface area contributed by atoms with Gasteiger partial charge in [-0.2, -0.15) is 0 Å². The normalized spacial score (nSPS) is 10.0. The molecule has 0 saturated heterocycles. The van der Waals surface area contributed by atoms with Gasteiger partial charge in [-0.1, -0.05) is 30.3 Å². The average molecular weight is 229 g/mol. The van der Waals surface area contributed by atoms with E-state index >= 15 is 0 Å². The highest BCUT2D eigenvalue weighted by atomic mass is 16.5. The van der Waals surface area contributed by atoms with E-state index in [2.05, 4.69) is 4.98 Å². The Hall–Kier alpha value is -2.03. The first-order chi connectivity index (χ1) is 8.29. The van der Waals surface area contributed by atoms with Gasteiger partial charge in [0.2, 0.25) is 0 Å². The van der Waals surface area contributed by atoms with Crippen molar-refractivity contribution in [3.8, 4) is 11.5 Å². The minimum Gasteiger partial charge on any atom is -0.491 e. The van der Waals surface area contributed by atoms with Gasteiger partial charge in [0.25, 0.3) is 0 Å². The molecule has 1 aromatic carbocycles. The molecule has 0 atom stereocenters. The number of methoxy groups -OCH3 is 1. The number of ether oxygens (including phenoxy) is 2. The van der Waals surface area contributed by atoms with E-state index in [1.807, 2.05) is 43.3 Å². The summed E-state index contributed by atoms with van der Waals surface area (Å²) in [5.41, 5.74) is 2.04. The van der Waals surface area contributed by atoms with Crippen molar-refractivity contribution in [1.82, 2.24) is 4.98 Å². The molecule has 3 heteroatoms. The smallest absolute Gasteiger partial charge is 0.179 e. The minimum absolute atomic E-state index is 0.528. The lowest BCUT2D eigenvalue weighted by Crippen LogP contribution is -1.98. The first-order valence-corrected chi connectivity index (χ1v) is 5.47. The summed E-state index contributed by atoms with van der Waals surface area (Å²) in [6, 6.07) is 11.9. The van der Waals surface area contributed by atoms with Crippen molar-refractivity contribution in [2.24, 2.45) is 0 Å². The number of nitrogens with zero attached hydrogens (tertiary/aromatic N) is 1. The predicted octanol–water partition coefficient (Wildman–Crippen LogP) is 2.98. The number of rotatable bonds is 4. The minimum atomic E-state index is 0.528. The van der Waals surface area contributed by atoms with E-state index in [0.29, 0.717) is 12.4 Å². The number of benzene rings is 1. The molecule has 0 bridgehead atoms. The Bertz CT molecular complexity index is 483. The van der Waals surface area contributed by atoms with Crippen LogP contribution < -0.4 is 9.47 Å². The first kappa shape index (κ1) is 11.5. The van der Waals surface area contributed by atoms with Gasteiger partial charge in [-0.15, -0.1) is 0 Å². The summed E-state index contributed by atoms with van der Waals surface area (Å²) in [6.07, 6.45) is 1.68. The van der Waals surface area contributed by atoms with Crippen LogP contribution in [-0.4, -0.2) is 12.1 Å². The Morgan fingerprint density at radius 2 is 1.88 bits per heavy atom. The molecule has 0 amide bonds. The zero-order valence-electron chi connectivity index (χ0n) is 10.0. The topological polar surface area (TPSA) is 31.4 Å². The number of pyridine rings is 1. The number of aryl methyl sites for hydroxylation is 1. The summed E-state index contributed by atoms with van der Waals surface area (Å²) in [6.45, 7) is 2.45. The third kappa shape index (κ3) is 2.97. The molecule has 88 valence electrons. The second kappa shape index (κ2) is 5.34. The van der Waals surface area contributed by atoms with Gasteiger partial charge in [0.1, 0.15) is 6.61 Å². The van der Waals surface area contributed by atoms with Gasteiger partial charge in [-0.25, -0.2) is 0 Å². The summed E-state index contributed by atoms with van der Waals surface area (Å²) < 4.78 is 10.9. The van der Waals surface area contributed by atoms with Crippen LogP contribution in [0.4, 0.5) is 0 Å². The Morgan fingerprint density at radius 3 is 2.59 bits per heavy atom. The molecule has 0 aliphatic carbocycles. The van der Waals surface area contributed by atoms with Crippen LogP contribution in [0.2, 0.25) is 0 Å². The van der Waals surface area contributed by atoms with Crippen molar-refractivity contribution in [1.29, 1.82) is 0 Å². The van der Waals surface area contributed by atoms with Crippen molar-refractivity contribution >= 4 is 0 Å². The standard InChI is InChI=1S/C14H15NO2/c1-11-8-13(14(16-2)9-15-11)17-10-12-6-4-3-5-7-12/h3-9H,10H2,1-2H3. The molecule has 2 aromatic rings. The summed E-state index contributed by atoms with van der Waals surface area (Å²) in [7, 11) is 1.61. The van der Waals surface area contributed by atoms with Gasteiger partial charge < -0.3 is 9.47 Å². The summed E-state index contributed by atoms with van der Waals surface area (Å²) in [4.78, 5) is 4.16. The molecule has 0 unspecified atom stereocenters. The molecule has 1 aromatic heterocycles. The second-order valence-electron chi connectivity index (χ2n) is 3.75. The molecule has 0 saturated carbocycles. The molecule has 0 spiro atoms. The maximum Gasteiger partial charge on any atom is 0.179 e. The van der Waals surface area contributed by atoms with Crippen LogP contribution >= 0.6 is 0 Å². The van der Waals surface area contributed by atoms with Gasteiger partial charge in [0.05, 0.1) is 13.3 Å². The van der Waals surface area contributed by atoms with E-state index in [1.54, 1.807) is 13.3 Å². The molecule has 1 heterocycles. The van der Waals surface area contributed by atoms with Crippen molar-refractivity contribution in [2.75, 3.05) is 7.11 Å². The molecule has 0 fully saturated rings. The number of aromatic nitrogens is 1. The summed E-state index contributed by atoms with van der Waals surface area (Å²) >= 11 is 0. The lowest BCUT2D eigenvalue weighted by Gasteiger charge is -2.10. The van der Waals surface area contributed by atoms with Crippen LogP contribution in [0.1, 0.15) is 11.3 Å². The lowest BCUT2D eigenvalue weighted by molar-refractivity contribution is 0.283. The molecule has 0 aliphatic rings. The zero-order chi connectivity index (χ0) is 12.1. The average Bonchev–Trinajstić information content (AvgIpc) is 2.38. The van der Waals surface area contributed by atoms with Crippen LogP contribution in [-0.2, 0) is 6.61 Å². The van der Waals surface area contributed by atoms with Gasteiger partial charge >= 0.3 is 0 Å². The van der Waals surface area contributed by atoms with E-state index < -0.39 is 0 Å². The third-order valence-electron chi connectivity index (χ3n) is 2.43. The molecule has 3 nitrogen and oxygen atoms in total. The lowest BCUT2D eigenvalue weighted by atomic mass is 10.2. The highest BCUT2D eigenvalue weighted by Crippen LogP contribution is 2.26. The van der Waals surface area contributed by atoms with Crippen LogP contribution in [0.3, 0.4) is 0 Å². The summed E-state index contributed by atoms with van der Waals surface area (Å²) in [5, 5.41) is 0. The monoisotopic (exact) mass is 229 g/mol. The van der Waals surface area contributed by atoms with Crippen molar-refractivity contribution in [3.63, 3.8) is 0 Å². The van der Waals surface area contributed by atoms with E-state index in [4.69, 9.17) is 9.47 Å². The second-order valence-corrected chi connectivity index (χ2v) is 3.75. The van der Waals surface area contributed by atoms with Crippen molar-refractivity contribution in [2.45, 2.75) is 13.5 Å². The van der Waals surface area contributed by atoms with Crippen LogP contribution in [0.15, 0.2) is 42.6 Å². The molecular formula is C14H15NO2. The Kier molecular flexibility index (Phi) is 3.60. The fourth-order valence-corrected chi connectivity index (χ4v) is 1.52. The predicted molar refractivity (Wildman–Crippen MR) is 66.3 cm³/mol. The molecule has 0 aliphatic heterocycles. The van der Waals surface area contributed by atoms with Gasteiger partial charge in [-0.05, 0) is 12.5 Å². The Labute approximate surface area is 101 Å². The van der Waals surface area contributed by atoms with Crippen LogP contribution in [0.5, 0.6) is 11.5 Å². The first-order valence-electron chi connectivity index (χ1n) is 5.47. The fraction of sp³-hybridized carbons (Fsp3) is 0.214. The number of hydrogen-bond acceptors (Lipinski definition) is 3. The fourth-order valence-electron chi connectivity index (χ4n) is 1.52. The largest absolute Gasteiger partial charge is 0.491 e. The Balaban J connectivity index is 2.11. The van der Waals surface area contributed by atoms with Gasteiger partial charge in [0.15, 0.2) is 11.5 Å². The van der Waals surface area contributed by atoms with Crippen LogP contribution in [0, 0.1) is 6.92 Å². The third-order valence-corrected chi connectivity index (χ3v) is 2.43. The highest BCUT2D eigenvalue weighted by Gasteiger charge is 2.05.